The van der Waals surface area contributed by atoms with Crippen molar-refractivity contribution in [3.63, 3.8) is 0 Å². The SMILES string of the molecule is S=C(Nc1cccc2cccnc12)c1cccs1. The molecule has 0 amide bonds. The number of hydrogen-bond donors (Lipinski definition) is 1. The smallest absolute Gasteiger partial charge is 0.121 e. The van der Waals surface area contributed by atoms with Crippen molar-refractivity contribution in [2.75, 3.05) is 5.32 Å². The molecule has 4 heteroatoms. The van der Waals surface area contributed by atoms with Crippen LogP contribution in [0.25, 0.3) is 10.9 Å². The Morgan fingerprint density at radius 3 is 2.83 bits per heavy atom. The molecule has 18 heavy (non-hydrogen) atoms. The molecule has 0 unspecified atom stereocenters. The highest BCUT2D eigenvalue weighted by Crippen LogP contribution is 2.22. The summed E-state index contributed by atoms with van der Waals surface area (Å²) in [6.07, 6.45) is 1.79. The number of rotatable bonds is 2. The topological polar surface area (TPSA) is 24.9 Å². The highest BCUT2D eigenvalue weighted by molar-refractivity contribution is 7.81. The average molecular weight is 270 g/mol. The predicted octanol–water partition coefficient (Wildman–Crippen LogP) is 4.08. The van der Waals surface area contributed by atoms with Crippen LogP contribution in [0.3, 0.4) is 0 Å². The van der Waals surface area contributed by atoms with E-state index in [1.807, 2.05) is 47.8 Å². The third-order valence-corrected chi connectivity index (χ3v) is 3.96. The Labute approximate surface area is 114 Å². The molecule has 0 radical (unpaired) electrons. The van der Waals surface area contributed by atoms with Crippen LogP contribution in [0.2, 0.25) is 0 Å². The van der Waals surface area contributed by atoms with E-state index in [4.69, 9.17) is 12.2 Å². The summed E-state index contributed by atoms with van der Waals surface area (Å²) in [5, 5.41) is 6.39. The summed E-state index contributed by atoms with van der Waals surface area (Å²) in [7, 11) is 0. The van der Waals surface area contributed by atoms with Crippen molar-refractivity contribution in [3.8, 4) is 0 Å². The fraction of sp³-hybridized carbons (Fsp3) is 0. The zero-order valence-corrected chi connectivity index (χ0v) is 11.1. The summed E-state index contributed by atoms with van der Waals surface area (Å²) in [6.45, 7) is 0. The molecule has 2 nitrogen and oxygen atoms in total. The minimum atomic E-state index is 0.739. The first kappa shape index (κ1) is 11.3. The minimum Gasteiger partial charge on any atom is -0.344 e. The summed E-state index contributed by atoms with van der Waals surface area (Å²) in [5.41, 5.74) is 1.89. The highest BCUT2D eigenvalue weighted by Gasteiger charge is 2.06. The van der Waals surface area contributed by atoms with Crippen molar-refractivity contribution in [2.24, 2.45) is 0 Å². The first-order valence-electron chi connectivity index (χ1n) is 5.53. The second-order valence-electron chi connectivity index (χ2n) is 3.81. The van der Waals surface area contributed by atoms with Crippen LogP contribution in [0.4, 0.5) is 5.69 Å². The van der Waals surface area contributed by atoms with E-state index in [1.54, 1.807) is 17.5 Å². The highest BCUT2D eigenvalue weighted by atomic mass is 32.1. The molecule has 88 valence electrons. The van der Waals surface area contributed by atoms with Gasteiger partial charge in [-0.3, -0.25) is 4.98 Å². The fourth-order valence-corrected chi connectivity index (χ4v) is 2.74. The van der Waals surface area contributed by atoms with Crippen LogP contribution < -0.4 is 5.32 Å². The van der Waals surface area contributed by atoms with Crippen molar-refractivity contribution >= 4 is 45.1 Å². The van der Waals surface area contributed by atoms with Crippen LogP contribution in [0.15, 0.2) is 54.0 Å². The number of para-hydroxylation sites is 1. The van der Waals surface area contributed by atoms with Crippen LogP contribution in [0.1, 0.15) is 4.88 Å². The Kier molecular flexibility index (Phi) is 3.04. The van der Waals surface area contributed by atoms with Crippen LogP contribution in [-0.4, -0.2) is 9.97 Å². The third-order valence-electron chi connectivity index (χ3n) is 2.63. The largest absolute Gasteiger partial charge is 0.344 e. The maximum atomic E-state index is 5.39. The van der Waals surface area contributed by atoms with Gasteiger partial charge in [0.2, 0.25) is 0 Å². The number of anilines is 1. The van der Waals surface area contributed by atoms with Gasteiger partial charge >= 0.3 is 0 Å². The molecular formula is C14H10N2S2. The van der Waals surface area contributed by atoms with Crippen molar-refractivity contribution in [1.82, 2.24) is 4.98 Å². The minimum absolute atomic E-state index is 0.739. The third kappa shape index (κ3) is 2.12. The number of nitrogens with one attached hydrogen (secondary N) is 1. The molecule has 1 N–H and O–H groups in total. The van der Waals surface area contributed by atoms with Gasteiger partial charge in [0.15, 0.2) is 0 Å². The van der Waals surface area contributed by atoms with Crippen molar-refractivity contribution in [2.45, 2.75) is 0 Å². The van der Waals surface area contributed by atoms with Gasteiger partial charge in [-0.25, -0.2) is 0 Å². The van der Waals surface area contributed by atoms with Gasteiger partial charge in [-0.2, -0.15) is 0 Å². The zero-order chi connectivity index (χ0) is 12.4. The van der Waals surface area contributed by atoms with E-state index < -0.39 is 0 Å². The first-order valence-corrected chi connectivity index (χ1v) is 6.82. The van der Waals surface area contributed by atoms with E-state index in [1.165, 1.54) is 0 Å². The number of fused-ring (bicyclic) bond motifs is 1. The lowest BCUT2D eigenvalue weighted by Gasteiger charge is -2.08. The zero-order valence-electron chi connectivity index (χ0n) is 9.46. The molecule has 3 rings (SSSR count). The molecule has 2 heterocycles. The second-order valence-corrected chi connectivity index (χ2v) is 5.17. The Morgan fingerprint density at radius 1 is 1.11 bits per heavy atom. The lowest BCUT2D eigenvalue weighted by Crippen LogP contribution is -2.09. The van der Waals surface area contributed by atoms with E-state index in [9.17, 15) is 0 Å². The summed E-state index contributed by atoms with van der Waals surface area (Å²) >= 11 is 7.02. The molecule has 0 atom stereocenters. The van der Waals surface area contributed by atoms with Crippen molar-refractivity contribution in [3.05, 3.63) is 58.9 Å². The molecule has 1 aromatic carbocycles. The molecular weight excluding hydrogens is 260 g/mol. The first-order chi connectivity index (χ1) is 8.84. The Hall–Kier alpha value is -1.78. The molecule has 0 saturated carbocycles. The number of nitrogens with zero attached hydrogens (tertiary/aromatic N) is 1. The van der Waals surface area contributed by atoms with Gasteiger partial charge in [-0.1, -0.05) is 36.5 Å². The van der Waals surface area contributed by atoms with Crippen LogP contribution >= 0.6 is 23.6 Å². The van der Waals surface area contributed by atoms with Crippen LogP contribution in [0.5, 0.6) is 0 Å². The standard InChI is InChI=1S/C14H10N2S2/c17-14(12-7-3-9-18-12)16-11-6-1-4-10-5-2-8-15-13(10)11/h1-9H,(H,16,17). The summed E-state index contributed by atoms with van der Waals surface area (Å²) < 4.78 is 0. The van der Waals surface area contributed by atoms with Gasteiger partial charge in [0.1, 0.15) is 4.99 Å². The Morgan fingerprint density at radius 2 is 2.00 bits per heavy atom. The number of pyridine rings is 1. The van der Waals surface area contributed by atoms with Crippen molar-refractivity contribution < 1.29 is 0 Å². The molecule has 0 aliphatic carbocycles. The van der Waals surface area contributed by atoms with E-state index in [0.717, 1.165) is 26.5 Å². The maximum Gasteiger partial charge on any atom is 0.121 e. The molecule has 0 bridgehead atoms. The van der Waals surface area contributed by atoms with Gasteiger partial charge in [-0.15, -0.1) is 11.3 Å². The lowest BCUT2D eigenvalue weighted by molar-refractivity contribution is 1.41. The Bertz CT molecular complexity index is 685. The lowest BCUT2D eigenvalue weighted by atomic mass is 10.2. The van der Waals surface area contributed by atoms with E-state index >= 15 is 0 Å². The number of thiocarbonyl (C=S) groups is 1. The summed E-state index contributed by atoms with van der Waals surface area (Å²) in [4.78, 5) is 6.20. The van der Waals surface area contributed by atoms with Gasteiger partial charge in [0, 0.05) is 11.6 Å². The summed E-state index contributed by atoms with van der Waals surface area (Å²) in [6, 6.07) is 14.0. The summed E-state index contributed by atoms with van der Waals surface area (Å²) in [5.74, 6) is 0. The molecule has 0 aliphatic heterocycles. The quantitative estimate of drug-likeness (QED) is 0.710. The number of aromatic nitrogens is 1. The Balaban J connectivity index is 1.98. The molecule has 2 aromatic heterocycles. The van der Waals surface area contributed by atoms with E-state index in [0.29, 0.717) is 0 Å². The fourth-order valence-electron chi connectivity index (χ4n) is 1.80. The van der Waals surface area contributed by atoms with E-state index in [2.05, 4.69) is 10.3 Å². The predicted molar refractivity (Wildman–Crippen MR) is 81.4 cm³/mol. The number of benzene rings is 1. The number of hydrogen-bond acceptors (Lipinski definition) is 3. The molecule has 3 aromatic rings. The normalized spacial score (nSPS) is 10.4. The van der Waals surface area contributed by atoms with Gasteiger partial charge in [0.25, 0.3) is 0 Å². The van der Waals surface area contributed by atoms with Gasteiger partial charge < -0.3 is 5.32 Å². The van der Waals surface area contributed by atoms with Crippen LogP contribution in [-0.2, 0) is 0 Å². The van der Waals surface area contributed by atoms with Crippen molar-refractivity contribution in [1.29, 1.82) is 0 Å². The molecule has 0 aliphatic rings. The molecule has 0 saturated heterocycles. The molecule has 0 spiro atoms. The van der Waals surface area contributed by atoms with Crippen LogP contribution in [0, 0.1) is 0 Å². The van der Waals surface area contributed by atoms with E-state index in [-0.39, 0.29) is 0 Å². The maximum absolute atomic E-state index is 5.39. The average Bonchev–Trinajstić information content (AvgIpc) is 2.93. The van der Waals surface area contributed by atoms with Gasteiger partial charge in [-0.05, 0) is 23.6 Å². The number of thiophene rings is 1. The molecule has 0 fully saturated rings. The van der Waals surface area contributed by atoms with Gasteiger partial charge in [0.05, 0.1) is 16.1 Å². The second kappa shape index (κ2) is 4.84. The monoisotopic (exact) mass is 270 g/mol.